The highest BCUT2D eigenvalue weighted by Gasteiger charge is 2.35. The molecule has 1 unspecified atom stereocenters. The number of hydrogen-bond acceptors (Lipinski definition) is 5. The molecule has 0 bridgehead atoms. The van der Waals surface area contributed by atoms with Crippen molar-refractivity contribution >= 4 is 23.3 Å². The molecule has 1 aliphatic rings. The van der Waals surface area contributed by atoms with Crippen LogP contribution < -0.4 is 9.64 Å². The first-order valence-electron chi connectivity index (χ1n) is 8.23. The lowest BCUT2D eigenvalue weighted by molar-refractivity contribution is -0.385. The molecular weight excluding hydrogens is 397 g/mol. The Morgan fingerprint density at radius 1 is 1.21 bits per heavy atom. The topological polar surface area (TPSA) is 110 Å². The van der Waals surface area contributed by atoms with Crippen molar-refractivity contribution in [2.75, 3.05) is 11.4 Å². The van der Waals surface area contributed by atoms with Gasteiger partial charge in [-0.2, -0.15) is 13.2 Å². The van der Waals surface area contributed by atoms with Crippen molar-refractivity contribution in [2.45, 2.75) is 12.6 Å². The summed E-state index contributed by atoms with van der Waals surface area (Å²) in [4.78, 5) is 34.4. The molecule has 0 aliphatic carbocycles. The van der Waals surface area contributed by atoms with Crippen LogP contribution in [0.2, 0.25) is 0 Å². The Morgan fingerprint density at radius 3 is 2.38 bits per heavy atom. The van der Waals surface area contributed by atoms with Crippen LogP contribution in [-0.2, 0) is 15.8 Å². The summed E-state index contributed by atoms with van der Waals surface area (Å²) in [5.41, 5.74) is -1.61. The van der Waals surface area contributed by atoms with Crippen LogP contribution in [0.15, 0.2) is 42.5 Å². The zero-order chi connectivity index (χ0) is 21.3. The molecule has 1 fully saturated rings. The Balaban J connectivity index is 1.81. The minimum atomic E-state index is -4.74. The van der Waals surface area contributed by atoms with Gasteiger partial charge in [0.05, 0.1) is 16.4 Å². The summed E-state index contributed by atoms with van der Waals surface area (Å²) in [6.45, 7) is 0.0126. The maximum Gasteiger partial charge on any atom is 0.416 e. The molecule has 2 aromatic carbocycles. The van der Waals surface area contributed by atoms with Crippen LogP contribution in [0.25, 0.3) is 0 Å². The number of carboxylic acid groups (broad SMARTS) is 1. The molecule has 0 spiro atoms. The van der Waals surface area contributed by atoms with E-state index in [4.69, 9.17) is 9.84 Å². The number of nitro benzene ring substituents is 1. The van der Waals surface area contributed by atoms with Crippen LogP contribution >= 0.6 is 0 Å². The Kier molecular flexibility index (Phi) is 5.14. The first-order chi connectivity index (χ1) is 13.6. The normalized spacial score (nSPS) is 16.7. The van der Waals surface area contributed by atoms with Gasteiger partial charge in [0.2, 0.25) is 11.7 Å². The highest BCUT2D eigenvalue weighted by molar-refractivity contribution is 5.99. The number of alkyl halides is 3. The van der Waals surface area contributed by atoms with Gasteiger partial charge in [0.1, 0.15) is 5.75 Å². The number of ether oxygens (including phenoxy) is 1. The average molecular weight is 410 g/mol. The van der Waals surface area contributed by atoms with Crippen LogP contribution in [0.5, 0.6) is 11.5 Å². The van der Waals surface area contributed by atoms with Gasteiger partial charge in [-0.3, -0.25) is 19.7 Å². The van der Waals surface area contributed by atoms with Crippen LogP contribution in [0.3, 0.4) is 0 Å². The number of nitro groups is 1. The fraction of sp³-hybridized carbons (Fsp3) is 0.222. The predicted molar refractivity (Wildman–Crippen MR) is 92.7 cm³/mol. The molecule has 1 amide bonds. The van der Waals surface area contributed by atoms with Gasteiger partial charge in [0.15, 0.2) is 0 Å². The van der Waals surface area contributed by atoms with Crippen LogP contribution in [0, 0.1) is 16.0 Å². The SMILES string of the molecule is O=C(O)C1CC(=O)N(c2ccc(Oc3ccc(C(F)(F)F)cc3[N+](=O)[O-])cc2)C1. The number of carboxylic acids is 1. The van der Waals surface area contributed by atoms with E-state index in [-0.39, 0.29) is 30.4 Å². The summed E-state index contributed by atoms with van der Waals surface area (Å²) in [6, 6.07) is 7.57. The van der Waals surface area contributed by atoms with Gasteiger partial charge in [0.25, 0.3) is 0 Å². The van der Waals surface area contributed by atoms with E-state index in [2.05, 4.69) is 0 Å². The number of benzene rings is 2. The van der Waals surface area contributed by atoms with Crippen molar-refractivity contribution in [3.63, 3.8) is 0 Å². The lowest BCUT2D eigenvalue weighted by atomic mass is 10.1. The van der Waals surface area contributed by atoms with Crippen LogP contribution in [-0.4, -0.2) is 28.5 Å². The maximum absolute atomic E-state index is 12.8. The maximum atomic E-state index is 12.8. The summed E-state index contributed by atoms with van der Waals surface area (Å²) in [5, 5.41) is 20.1. The summed E-state index contributed by atoms with van der Waals surface area (Å²) in [5.74, 6) is -2.52. The van der Waals surface area contributed by atoms with E-state index in [1.54, 1.807) is 0 Å². The number of carbonyl (C=O) groups is 2. The number of carbonyl (C=O) groups excluding carboxylic acids is 1. The molecule has 29 heavy (non-hydrogen) atoms. The molecule has 0 saturated carbocycles. The molecule has 8 nitrogen and oxygen atoms in total. The van der Waals surface area contributed by atoms with E-state index in [1.165, 1.54) is 29.2 Å². The van der Waals surface area contributed by atoms with Gasteiger partial charge < -0.3 is 14.7 Å². The summed E-state index contributed by atoms with van der Waals surface area (Å²) in [7, 11) is 0. The largest absolute Gasteiger partial charge is 0.481 e. The number of aliphatic carboxylic acids is 1. The fourth-order valence-corrected chi connectivity index (χ4v) is 2.87. The highest BCUT2D eigenvalue weighted by atomic mass is 19.4. The number of anilines is 1. The predicted octanol–water partition coefficient (Wildman–Crippen LogP) is 3.84. The van der Waals surface area contributed by atoms with E-state index in [0.29, 0.717) is 17.8 Å². The quantitative estimate of drug-likeness (QED) is 0.592. The second-order valence-corrected chi connectivity index (χ2v) is 6.28. The van der Waals surface area contributed by atoms with Gasteiger partial charge in [-0.05, 0) is 36.4 Å². The van der Waals surface area contributed by atoms with Gasteiger partial charge in [-0.1, -0.05) is 0 Å². The van der Waals surface area contributed by atoms with Crippen molar-refractivity contribution in [3.05, 3.63) is 58.1 Å². The molecule has 0 radical (unpaired) electrons. The third-order valence-electron chi connectivity index (χ3n) is 4.33. The Labute approximate surface area is 161 Å². The van der Waals surface area contributed by atoms with E-state index in [9.17, 15) is 32.9 Å². The van der Waals surface area contributed by atoms with Gasteiger partial charge in [-0.15, -0.1) is 0 Å². The number of nitrogens with zero attached hydrogens (tertiary/aromatic N) is 2. The minimum absolute atomic E-state index is 0.0126. The first kappa shape index (κ1) is 20.1. The molecule has 1 aliphatic heterocycles. The van der Waals surface area contributed by atoms with Crippen molar-refractivity contribution in [3.8, 4) is 11.5 Å². The number of amides is 1. The fourth-order valence-electron chi connectivity index (χ4n) is 2.87. The van der Waals surface area contributed by atoms with E-state index >= 15 is 0 Å². The lowest BCUT2D eigenvalue weighted by Gasteiger charge is -2.16. The minimum Gasteiger partial charge on any atom is -0.481 e. The second kappa shape index (κ2) is 7.41. The molecule has 0 aromatic heterocycles. The Bertz CT molecular complexity index is 975. The van der Waals surface area contributed by atoms with Gasteiger partial charge in [0, 0.05) is 24.7 Å². The zero-order valence-electron chi connectivity index (χ0n) is 14.5. The van der Waals surface area contributed by atoms with E-state index in [1.807, 2.05) is 0 Å². The first-order valence-corrected chi connectivity index (χ1v) is 8.23. The summed E-state index contributed by atoms with van der Waals surface area (Å²) < 4.78 is 43.6. The average Bonchev–Trinajstić information content (AvgIpc) is 3.03. The summed E-state index contributed by atoms with van der Waals surface area (Å²) >= 11 is 0. The molecule has 11 heteroatoms. The highest BCUT2D eigenvalue weighted by Crippen LogP contribution is 2.38. The molecule has 3 rings (SSSR count). The smallest absolute Gasteiger partial charge is 0.416 e. The monoisotopic (exact) mass is 410 g/mol. The molecule has 1 atom stereocenters. The lowest BCUT2D eigenvalue weighted by Crippen LogP contribution is -2.25. The number of rotatable bonds is 5. The third kappa shape index (κ3) is 4.28. The molecule has 1 heterocycles. The van der Waals surface area contributed by atoms with E-state index in [0.717, 1.165) is 6.07 Å². The molecule has 152 valence electrons. The van der Waals surface area contributed by atoms with Crippen molar-refractivity contribution < 1.29 is 37.5 Å². The molecular formula is C18H13F3N2O6. The second-order valence-electron chi connectivity index (χ2n) is 6.28. The standard InChI is InChI=1S/C18H13F3N2O6/c19-18(20,21)11-1-6-15(14(8-11)23(27)28)29-13-4-2-12(3-5-13)22-9-10(17(25)26)7-16(22)24/h1-6,8,10H,7,9H2,(H,25,26). The third-order valence-corrected chi connectivity index (χ3v) is 4.33. The molecule has 1 saturated heterocycles. The van der Waals surface area contributed by atoms with Crippen LogP contribution in [0.4, 0.5) is 24.5 Å². The Hall–Kier alpha value is -3.63. The van der Waals surface area contributed by atoms with E-state index < -0.39 is 34.2 Å². The van der Waals surface area contributed by atoms with Gasteiger partial charge in [-0.25, -0.2) is 0 Å². The summed E-state index contributed by atoms with van der Waals surface area (Å²) in [6.07, 6.45) is -4.85. The van der Waals surface area contributed by atoms with Crippen molar-refractivity contribution in [2.24, 2.45) is 5.92 Å². The Morgan fingerprint density at radius 2 is 1.86 bits per heavy atom. The molecule has 1 N–H and O–H groups in total. The van der Waals surface area contributed by atoms with Crippen molar-refractivity contribution in [1.82, 2.24) is 0 Å². The number of hydrogen-bond donors (Lipinski definition) is 1. The van der Waals surface area contributed by atoms with Crippen molar-refractivity contribution in [1.29, 1.82) is 0 Å². The zero-order valence-corrected chi connectivity index (χ0v) is 14.5. The van der Waals surface area contributed by atoms with Crippen LogP contribution in [0.1, 0.15) is 12.0 Å². The van der Waals surface area contributed by atoms with Gasteiger partial charge >= 0.3 is 17.8 Å². The molecule has 2 aromatic rings. The number of halogens is 3.